The zero-order valence-electron chi connectivity index (χ0n) is 9.84. The van der Waals surface area contributed by atoms with E-state index in [1.807, 2.05) is 13.8 Å². The molecule has 0 saturated heterocycles. The van der Waals surface area contributed by atoms with E-state index in [0.717, 1.165) is 12.0 Å². The van der Waals surface area contributed by atoms with Gasteiger partial charge in [0.2, 0.25) is 0 Å². The van der Waals surface area contributed by atoms with Gasteiger partial charge in [-0.3, -0.25) is 0 Å². The maximum absolute atomic E-state index is 11.2. The molecule has 16 heavy (non-hydrogen) atoms. The van der Waals surface area contributed by atoms with Gasteiger partial charge in [0.1, 0.15) is 0 Å². The SMILES string of the molecule is CCC(C)C(O)c1ccc(S(C)(=O)=O)cc1. The van der Waals surface area contributed by atoms with E-state index in [0.29, 0.717) is 0 Å². The van der Waals surface area contributed by atoms with Crippen molar-refractivity contribution in [2.75, 3.05) is 6.26 Å². The molecule has 0 saturated carbocycles. The van der Waals surface area contributed by atoms with E-state index in [4.69, 9.17) is 0 Å². The van der Waals surface area contributed by atoms with Gasteiger partial charge < -0.3 is 5.11 Å². The van der Waals surface area contributed by atoms with Crippen molar-refractivity contribution in [1.29, 1.82) is 0 Å². The Bertz CT molecular complexity index is 434. The van der Waals surface area contributed by atoms with E-state index in [2.05, 4.69) is 0 Å². The molecule has 0 bridgehead atoms. The molecule has 2 unspecified atom stereocenters. The van der Waals surface area contributed by atoms with Crippen LogP contribution < -0.4 is 0 Å². The predicted octanol–water partition coefficient (Wildman–Crippen LogP) is 2.17. The van der Waals surface area contributed by atoms with Crippen LogP contribution in [0.1, 0.15) is 31.9 Å². The second kappa shape index (κ2) is 4.97. The Labute approximate surface area is 97.0 Å². The molecular weight excluding hydrogens is 224 g/mol. The van der Waals surface area contributed by atoms with Gasteiger partial charge in [-0.15, -0.1) is 0 Å². The molecule has 0 amide bonds. The van der Waals surface area contributed by atoms with Crippen molar-refractivity contribution in [2.24, 2.45) is 5.92 Å². The molecule has 0 fully saturated rings. The third-order valence-corrected chi connectivity index (χ3v) is 3.96. The van der Waals surface area contributed by atoms with Crippen LogP contribution in [0.3, 0.4) is 0 Å². The Morgan fingerprint density at radius 3 is 2.12 bits per heavy atom. The summed E-state index contributed by atoms with van der Waals surface area (Å²) in [6.07, 6.45) is 1.53. The van der Waals surface area contributed by atoms with Gasteiger partial charge >= 0.3 is 0 Å². The van der Waals surface area contributed by atoms with Crippen LogP contribution in [0, 0.1) is 5.92 Å². The molecule has 1 aromatic rings. The molecule has 1 N–H and O–H groups in total. The van der Waals surface area contributed by atoms with Crippen LogP contribution in [-0.2, 0) is 9.84 Å². The molecule has 3 nitrogen and oxygen atoms in total. The zero-order valence-corrected chi connectivity index (χ0v) is 10.7. The normalized spacial score (nSPS) is 15.8. The first-order valence-corrected chi connectivity index (χ1v) is 7.23. The van der Waals surface area contributed by atoms with Gasteiger partial charge in [0, 0.05) is 6.26 Å². The maximum atomic E-state index is 11.2. The smallest absolute Gasteiger partial charge is 0.175 e. The third kappa shape index (κ3) is 3.06. The zero-order chi connectivity index (χ0) is 12.3. The van der Waals surface area contributed by atoms with E-state index in [1.165, 1.54) is 18.4 Å². The Kier molecular flexibility index (Phi) is 4.10. The summed E-state index contributed by atoms with van der Waals surface area (Å²) in [7, 11) is -3.15. The molecular formula is C12H18O3S. The largest absolute Gasteiger partial charge is 0.388 e. The standard InChI is InChI=1S/C12H18O3S/c1-4-9(2)12(13)10-5-7-11(8-6-10)16(3,14)15/h5-9,12-13H,4H2,1-3H3. The summed E-state index contributed by atoms with van der Waals surface area (Å²) in [6.45, 7) is 3.98. The maximum Gasteiger partial charge on any atom is 0.175 e. The Hall–Kier alpha value is -0.870. The lowest BCUT2D eigenvalue weighted by molar-refractivity contribution is 0.115. The van der Waals surface area contributed by atoms with Crippen LogP contribution in [0.2, 0.25) is 0 Å². The Morgan fingerprint density at radius 1 is 1.25 bits per heavy atom. The molecule has 0 aliphatic carbocycles. The van der Waals surface area contributed by atoms with Gasteiger partial charge in [-0.2, -0.15) is 0 Å². The van der Waals surface area contributed by atoms with Crippen molar-refractivity contribution in [1.82, 2.24) is 0 Å². The summed E-state index contributed by atoms with van der Waals surface area (Å²) in [5.74, 6) is 0.170. The molecule has 0 aliphatic heterocycles. The fourth-order valence-electron chi connectivity index (χ4n) is 1.46. The molecule has 1 rings (SSSR count). The van der Waals surface area contributed by atoms with E-state index in [9.17, 15) is 13.5 Å². The average molecular weight is 242 g/mol. The number of aliphatic hydroxyl groups is 1. The first-order valence-electron chi connectivity index (χ1n) is 5.34. The number of sulfone groups is 1. The first kappa shape index (κ1) is 13.2. The molecule has 0 spiro atoms. The second-order valence-electron chi connectivity index (χ2n) is 4.17. The molecule has 90 valence electrons. The van der Waals surface area contributed by atoms with Crippen molar-refractivity contribution in [2.45, 2.75) is 31.3 Å². The van der Waals surface area contributed by atoms with Gasteiger partial charge in [-0.25, -0.2) is 8.42 Å². The number of aliphatic hydroxyl groups excluding tert-OH is 1. The number of benzene rings is 1. The fourth-order valence-corrected chi connectivity index (χ4v) is 2.09. The summed E-state index contributed by atoms with van der Waals surface area (Å²) in [6, 6.07) is 6.42. The number of hydrogen-bond donors (Lipinski definition) is 1. The third-order valence-electron chi connectivity index (χ3n) is 2.83. The van der Waals surface area contributed by atoms with Crippen molar-refractivity contribution in [3.63, 3.8) is 0 Å². The van der Waals surface area contributed by atoms with Crippen LogP contribution in [-0.4, -0.2) is 19.8 Å². The van der Waals surface area contributed by atoms with Crippen molar-refractivity contribution >= 4 is 9.84 Å². The minimum absolute atomic E-state index is 0.170. The molecule has 1 aromatic carbocycles. The highest BCUT2D eigenvalue weighted by Gasteiger charge is 2.15. The molecule has 0 heterocycles. The van der Waals surface area contributed by atoms with E-state index >= 15 is 0 Å². The van der Waals surface area contributed by atoms with Crippen molar-refractivity contribution < 1.29 is 13.5 Å². The molecule has 0 radical (unpaired) electrons. The number of hydrogen-bond acceptors (Lipinski definition) is 3. The van der Waals surface area contributed by atoms with E-state index in [1.54, 1.807) is 12.1 Å². The van der Waals surface area contributed by atoms with Crippen molar-refractivity contribution in [3.05, 3.63) is 29.8 Å². The summed E-state index contributed by atoms with van der Waals surface area (Å²) in [4.78, 5) is 0.285. The lowest BCUT2D eigenvalue weighted by Gasteiger charge is -2.17. The second-order valence-corrected chi connectivity index (χ2v) is 6.19. The number of rotatable bonds is 4. The van der Waals surface area contributed by atoms with Crippen LogP contribution >= 0.6 is 0 Å². The van der Waals surface area contributed by atoms with Gasteiger partial charge in [0.05, 0.1) is 11.0 Å². The quantitative estimate of drug-likeness (QED) is 0.880. The Balaban J connectivity index is 2.96. The highest BCUT2D eigenvalue weighted by Crippen LogP contribution is 2.24. The summed E-state index contributed by atoms with van der Waals surface area (Å²) in [5, 5.41) is 9.93. The predicted molar refractivity (Wildman–Crippen MR) is 64.0 cm³/mol. The molecule has 0 aromatic heterocycles. The van der Waals surface area contributed by atoms with Crippen LogP contribution in [0.4, 0.5) is 0 Å². The highest BCUT2D eigenvalue weighted by atomic mass is 32.2. The van der Waals surface area contributed by atoms with Gasteiger partial charge in [-0.1, -0.05) is 32.4 Å². The lowest BCUT2D eigenvalue weighted by Crippen LogP contribution is -2.08. The van der Waals surface area contributed by atoms with Crippen molar-refractivity contribution in [3.8, 4) is 0 Å². The lowest BCUT2D eigenvalue weighted by atomic mass is 9.95. The van der Waals surface area contributed by atoms with Crippen LogP contribution in [0.25, 0.3) is 0 Å². The minimum atomic E-state index is -3.15. The monoisotopic (exact) mass is 242 g/mol. The van der Waals surface area contributed by atoms with Gasteiger partial charge in [0.15, 0.2) is 9.84 Å². The fraction of sp³-hybridized carbons (Fsp3) is 0.500. The average Bonchev–Trinajstić information content (AvgIpc) is 2.26. The van der Waals surface area contributed by atoms with E-state index < -0.39 is 15.9 Å². The topological polar surface area (TPSA) is 54.4 Å². The minimum Gasteiger partial charge on any atom is -0.388 e. The van der Waals surface area contributed by atoms with Gasteiger partial charge in [-0.05, 0) is 23.6 Å². The molecule has 4 heteroatoms. The van der Waals surface area contributed by atoms with Crippen LogP contribution in [0.5, 0.6) is 0 Å². The Morgan fingerprint density at radius 2 is 1.75 bits per heavy atom. The molecule has 0 aliphatic rings. The summed E-state index contributed by atoms with van der Waals surface area (Å²) in [5.41, 5.74) is 0.766. The highest BCUT2D eigenvalue weighted by molar-refractivity contribution is 7.90. The van der Waals surface area contributed by atoms with Crippen LogP contribution in [0.15, 0.2) is 29.2 Å². The summed E-state index contributed by atoms with van der Waals surface area (Å²) < 4.78 is 22.5. The van der Waals surface area contributed by atoms with Gasteiger partial charge in [0.25, 0.3) is 0 Å². The van der Waals surface area contributed by atoms with E-state index in [-0.39, 0.29) is 10.8 Å². The summed E-state index contributed by atoms with van der Waals surface area (Å²) >= 11 is 0. The first-order chi connectivity index (χ1) is 7.36. The molecule has 2 atom stereocenters.